The van der Waals surface area contributed by atoms with E-state index in [1.54, 1.807) is 0 Å². The standard InChI is InChI=1S/C15H25N5O/c1-4-8-16-14-10(3)15(20-12(5-2)19-14)17-9-11-6-7-13(21)18-11/h11H,4-9H2,1-3H3,(H,18,21)(H2,16,17,19,20). The molecule has 1 fully saturated rings. The van der Waals surface area contributed by atoms with Gasteiger partial charge in [0, 0.05) is 37.5 Å². The fraction of sp³-hybridized carbons (Fsp3) is 0.667. The van der Waals surface area contributed by atoms with Gasteiger partial charge >= 0.3 is 0 Å². The summed E-state index contributed by atoms with van der Waals surface area (Å²) in [6, 6.07) is 0.198. The van der Waals surface area contributed by atoms with Gasteiger partial charge < -0.3 is 16.0 Å². The Morgan fingerprint density at radius 3 is 2.52 bits per heavy atom. The van der Waals surface area contributed by atoms with Crippen molar-refractivity contribution in [2.24, 2.45) is 0 Å². The number of amides is 1. The van der Waals surface area contributed by atoms with E-state index in [9.17, 15) is 4.79 Å². The van der Waals surface area contributed by atoms with Crippen LogP contribution in [0.1, 0.15) is 44.5 Å². The van der Waals surface area contributed by atoms with Gasteiger partial charge in [0.1, 0.15) is 17.5 Å². The lowest BCUT2D eigenvalue weighted by atomic mass is 10.2. The molecule has 1 aliphatic heterocycles. The molecule has 0 spiro atoms. The fourth-order valence-electron chi connectivity index (χ4n) is 2.36. The van der Waals surface area contributed by atoms with Gasteiger partial charge in [-0.05, 0) is 19.8 Å². The first-order valence-corrected chi connectivity index (χ1v) is 7.78. The van der Waals surface area contributed by atoms with Gasteiger partial charge in [0.15, 0.2) is 0 Å². The Morgan fingerprint density at radius 1 is 1.24 bits per heavy atom. The van der Waals surface area contributed by atoms with E-state index >= 15 is 0 Å². The van der Waals surface area contributed by atoms with Crippen LogP contribution in [0.4, 0.5) is 11.6 Å². The zero-order valence-corrected chi connectivity index (χ0v) is 13.1. The molecule has 2 rings (SSSR count). The largest absolute Gasteiger partial charge is 0.370 e. The number of anilines is 2. The Labute approximate surface area is 126 Å². The molecule has 116 valence electrons. The van der Waals surface area contributed by atoms with Gasteiger partial charge in [-0.15, -0.1) is 0 Å². The summed E-state index contributed by atoms with van der Waals surface area (Å²) >= 11 is 0. The van der Waals surface area contributed by atoms with Crippen LogP contribution in [0.5, 0.6) is 0 Å². The molecule has 21 heavy (non-hydrogen) atoms. The average molecular weight is 291 g/mol. The number of nitrogens with zero attached hydrogens (tertiary/aromatic N) is 2. The highest BCUT2D eigenvalue weighted by atomic mass is 16.1. The minimum Gasteiger partial charge on any atom is -0.370 e. The van der Waals surface area contributed by atoms with Crippen LogP contribution in [0.2, 0.25) is 0 Å². The van der Waals surface area contributed by atoms with Crippen LogP contribution in [-0.2, 0) is 11.2 Å². The zero-order chi connectivity index (χ0) is 15.2. The quantitative estimate of drug-likeness (QED) is 0.714. The van der Waals surface area contributed by atoms with Crippen LogP contribution in [0.15, 0.2) is 0 Å². The van der Waals surface area contributed by atoms with Gasteiger partial charge in [0.05, 0.1) is 0 Å². The summed E-state index contributed by atoms with van der Waals surface area (Å²) in [4.78, 5) is 20.3. The first-order valence-electron chi connectivity index (χ1n) is 7.78. The van der Waals surface area contributed by atoms with Crippen molar-refractivity contribution in [1.82, 2.24) is 15.3 Å². The van der Waals surface area contributed by atoms with E-state index in [1.807, 2.05) is 6.92 Å². The minimum absolute atomic E-state index is 0.140. The van der Waals surface area contributed by atoms with Crippen molar-refractivity contribution in [3.63, 3.8) is 0 Å². The number of aryl methyl sites for hydroxylation is 1. The Hall–Kier alpha value is -1.85. The molecule has 2 heterocycles. The van der Waals surface area contributed by atoms with Crippen LogP contribution in [-0.4, -0.2) is 35.0 Å². The molecule has 0 bridgehead atoms. The van der Waals surface area contributed by atoms with E-state index in [0.29, 0.717) is 13.0 Å². The minimum atomic E-state index is 0.140. The number of carbonyl (C=O) groups excluding carboxylic acids is 1. The van der Waals surface area contributed by atoms with Crippen molar-refractivity contribution < 1.29 is 4.79 Å². The third kappa shape index (κ3) is 4.06. The average Bonchev–Trinajstić information content (AvgIpc) is 2.90. The number of hydrogen-bond acceptors (Lipinski definition) is 5. The summed E-state index contributed by atoms with van der Waals surface area (Å²) in [6.45, 7) is 7.81. The first-order chi connectivity index (χ1) is 10.1. The molecule has 6 heteroatoms. The number of hydrogen-bond donors (Lipinski definition) is 3. The molecular formula is C15H25N5O. The van der Waals surface area contributed by atoms with E-state index < -0.39 is 0 Å². The summed E-state index contributed by atoms with van der Waals surface area (Å²) in [6.07, 6.45) is 3.37. The molecular weight excluding hydrogens is 266 g/mol. The molecule has 1 aromatic heterocycles. The number of nitrogens with one attached hydrogen (secondary N) is 3. The molecule has 1 amide bonds. The highest BCUT2D eigenvalue weighted by Gasteiger charge is 2.21. The molecule has 1 aliphatic rings. The van der Waals surface area contributed by atoms with Gasteiger partial charge in [-0.3, -0.25) is 4.79 Å². The third-order valence-corrected chi connectivity index (χ3v) is 3.65. The summed E-state index contributed by atoms with van der Waals surface area (Å²) in [7, 11) is 0. The fourth-order valence-corrected chi connectivity index (χ4v) is 2.36. The van der Waals surface area contributed by atoms with Crippen LogP contribution < -0.4 is 16.0 Å². The summed E-state index contributed by atoms with van der Waals surface area (Å²) < 4.78 is 0. The van der Waals surface area contributed by atoms with Crippen LogP contribution in [0.3, 0.4) is 0 Å². The van der Waals surface area contributed by atoms with Crippen LogP contribution in [0, 0.1) is 6.92 Å². The molecule has 1 atom stereocenters. The van der Waals surface area contributed by atoms with Gasteiger partial charge in [-0.1, -0.05) is 13.8 Å². The summed E-state index contributed by atoms with van der Waals surface area (Å²) in [5, 5.41) is 9.67. The van der Waals surface area contributed by atoms with Crippen molar-refractivity contribution in [3.8, 4) is 0 Å². The maximum absolute atomic E-state index is 11.2. The highest BCUT2D eigenvalue weighted by Crippen LogP contribution is 2.20. The molecule has 1 unspecified atom stereocenters. The van der Waals surface area contributed by atoms with Gasteiger partial charge in [0.25, 0.3) is 0 Å². The maximum Gasteiger partial charge on any atom is 0.220 e. The molecule has 0 radical (unpaired) electrons. The molecule has 3 N–H and O–H groups in total. The monoisotopic (exact) mass is 291 g/mol. The predicted octanol–water partition coefficient (Wildman–Crippen LogP) is 1.86. The lowest BCUT2D eigenvalue weighted by molar-refractivity contribution is -0.119. The number of carbonyl (C=O) groups is 1. The predicted molar refractivity (Wildman–Crippen MR) is 84.6 cm³/mol. The SMILES string of the molecule is CCCNc1nc(CC)nc(NCC2CCC(=O)N2)c1C. The summed E-state index contributed by atoms with van der Waals surface area (Å²) in [5.74, 6) is 2.74. The molecule has 0 aromatic carbocycles. The van der Waals surface area contributed by atoms with Gasteiger partial charge in [-0.2, -0.15) is 0 Å². The van der Waals surface area contributed by atoms with E-state index in [4.69, 9.17) is 0 Å². The summed E-state index contributed by atoms with van der Waals surface area (Å²) in [5.41, 5.74) is 1.03. The Bertz CT molecular complexity index is 503. The molecule has 1 saturated heterocycles. The Morgan fingerprint density at radius 2 is 1.95 bits per heavy atom. The van der Waals surface area contributed by atoms with Crippen molar-refractivity contribution in [2.75, 3.05) is 23.7 Å². The normalized spacial score (nSPS) is 17.7. The Kier molecular flexibility index (Phi) is 5.36. The first kappa shape index (κ1) is 15.5. The molecule has 0 saturated carbocycles. The number of rotatable bonds is 7. The molecule has 6 nitrogen and oxygen atoms in total. The lowest BCUT2D eigenvalue weighted by Crippen LogP contribution is -2.32. The van der Waals surface area contributed by atoms with Crippen LogP contribution in [0.25, 0.3) is 0 Å². The van der Waals surface area contributed by atoms with Gasteiger partial charge in [0.2, 0.25) is 5.91 Å². The highest BCUT2D eigenvalue weighted by molar-refractivity contribution is 5.78. The third-order valence-electron chi connectivity index (χ3n) is 3.65. The van der Waals surface area contributed by atoms with E-state index in [-0.39, 0.29) is 11.9 Å². The van der Waals surface area contributed by atoms with Crippen molar-refractivity contribution in [2.45, 2.75) is 52.5 Å². The van der Waals surface area contributed by atoms with E-state index in [2.05, 4.69) is 39.8 Å². The molecule has 1 aromatic rings. The van der Waals surface area contributed by atoms with Gasteiger partial charge in [-0.25, -0.2) is 9.97 Å². The van der Waals surface area contributed by atoms with E-state index in [0.717, 1.165) is 48.8 Å². The smallest absolute Gasteiger partial charge is 0.220 e. The second-order valence-corrected chi connectivity index (χ2v) is 5.43. The van der Waals surface area contributed by atoms with Crippen molar-refractivity contribution >= 4 is 17.5 Å². The zero-order valence-electron chi connectivity index (χ0n) is 13.1. The Balaban J connectivity index is 2.07. The molecule has 0 aliphatic carbocycles. The topological polar surface area (TPSA) is 78.9 Å². The lowest BCUT2D eigenvalue weighted by Gasteiger charge is -2.16. The number of aromatic nitrogens is 2. The van der Waals surface area contributed by atoms with Crippen LogP contribution >= 0.6 is 0 Å². The second kappa shape index (κ2) is 7.24. The van der Waals surface area contributed by atoms with Crippen molar-refractivity contribution in [3.05, 3.63) is 11.4 Å². The second-order valence-electron chi connectivity index (χ2n) is 5.43. The van der Waals surface area contributed by atoms with Crippen molar-refractivity contribution in [1.29, 1.82) is 0 Å². The maximum atomic E-state index is 11.2. The van der Waals surface area contributed by atoms with E-state index in [1.165, 1.54) is 0 Å².